The summed E-state index contributed by atoms with van der Waals surface area (Å²) >= 11 is 0. The molecule has 3 N–H and O–H groups in total. The third-order valence-electron chi connectivity index (χ3n) is 3.81. The van der Waals surface area contributed by atoms with Gasteiger partial charge in [0, 0.05) is 26.4 Å². The predicted molar refractivity (Wildman–Crippen MR) is 95.2 cm³/mol. The summed E-state index contributed by atoms with van der Waals surface area (Å²) in [4.78, 5) is 18.3. The molecule has 0 radical (unpaired) electrons. The zero-order chi connectivity index (χ0) is 18.0. The van der Waals surface area contributed by atoms with E-state index in [1.807, 2.05) is 25.9 Å². The molecule has 2 heterocycles. The lowest BCUT2D eigenvalue weighted by atomic mass is 10.1. The maximum Gasteiger partial charge on any atom is 0.320 e. The molecule has 0 bridgehead atoms. The summed E-state index contributed by atoms with van der Waals surface area (Å²) in [5, 5.41) is 13.5. The van der Waals surface area contributed by atoms with Crippen molar-refractivity contribution in [1.82, 2.24) is 20.5 Å². The molecule has 1 atom stereocenters. The van der Waals surface area contributed by atoms with Gasteiger partial charge in [-0.25, -0.2) is 14.2 Å². The number of aromatic nitrogens is 3. The maximum absolute atomic E-state index is 13.0. The number of hydrogen-bond acceptors (Lipinski definition) is 4. The molecule has 25 heavy (non-hydrogen) atoms. The molecule has 0 saturated heterocycles. The minimum atomic E-state index is -0.393. The zero-order valence-electron chi connectivity index (χ0n) is 14.2. The Balaban J connectivity index is 1.68. The van der Waals surface area contributed by atoms with Gasteiger partial charge in [0.1, 0.15) is 11.6 Å². The lowest BCUT2D eigenvalue weighted by Gasteiger charge is -2.15. The normalized spacial score (nSPS) is 12.0. The van der Waals surface area contributed by atoms with E-state index in [2.05, 4.69) is 25.8 Å². The van der Waals surface area contributed by atoms with Crippen LogP contribution in [0.4, 0.5) is 20.8 Å². The molecule has 0 aliphatic heterocycles. The van der Waals surface area contributed by atoms with E-state index in [4.69, 9.17) is 0 Å². The Morgan fingerprint density at radius 1 is 1.28 bits per heavy atom. The van der Waals surface area contributed by atoms with E-state index in [-0.39, 0.29) is 11.9 Å². The van der Waals surface area contributed by atoms with Crippen molar-refractivity contribution in [2.24, 2.45) is 0 Å². The van der Waals surface area contributed by atoms with Crippen LogP contribution < -0.4 is 15.5 Å². The minimum Gasteiger partial charge on any atom is -0.361 e. The van der Waals surface area contributed by atoms with Crippen LogP contribution in [0.5, 0.6) is 0 Å². The summed E-state index contributed by atoms with van der Waals surface area (Å²) in [5.74, 6) is 0.878. The highest BCUT2D eigenvalue weighted by Gasteiger charge is 2.12. The third kappa shape index (κ3) is 3.68. The Bertz CT molecular complexity index is 890. The van der Waals surface area contributed by atoms with E-state index in [9.17, 15) is 9.18 Å². The molecule has 0 spiro atoms. The van der Waals surface area contributed by atoms with Gasteiger partial charge in [0.25, 0.3) is 0 Å². The standard InChI is InChI=1S/C17H19FN6O/c1-10(11-4-6-12(18)7-5-11)20-17(25)21-15-8-14-13(9-19-15)16(23-22-14)24(2)3/h4-10H,1-3H3,(H,22,23)(H2,19,20,21,25)/t10-/m1/s1. The first-order valence-corrected chi connectivity index (χ1v) is 7.78. The van der Waals surface area contributed by atoms with E-state index in [0.29, 0.717) is 5.82 Å². The second-order valence-corrected chi connectivity index (χ2v) is 5.93. The number of H-pyrrole nitrogens is 1. The first-order chi connectivity index (χ1) is 11.9. The Hall–Kier alpha value is -3.16. The lowest BCUT2D eigenvalue weighted by molar-refractivity contribution is 0.249. The number of hydrogen-bond donors (Lipinski definition) is 3. The number of fused-ring (bicyclic) bond motifs is 1. The van der Waals surface area contributed by atoms with Crippen LogP contribution in [0.2, 0.25) is 0 Å². The number of halogens is 1. The average molecular weight is 342 g/mol. The van der Waals surface area contributed by atoms with Gasteiger partial charge in [-0.2, -0.15) is 5.10 Å². The van der Waals surface area contributed by atoms with Gasteiger partial charge < -0.3 is 10.2 Å². The number of anilines is 2. The third-order valence-corrected chi connectivity index (χ3v) is 3.81. The van der Waals surface area contributed by atoms with Crippen LogP contribution >= 0.6 is 0 Å². The van der Waals surface area contributed by atoms with Crippen LogP contribution in [0.1, 0.15) is 18.5 Å². The summed E-state index contributed by atoms with van der Waals surface area (Å²) in [6, 6.07) is 7.06. The quantitative estimate of drug-likeness (QED) is 0.680. The largest absolute Gasteiger partial charge is 0.361 e. The van der Waals surface area contributed by atoms with Gasteiger partial charge in [0.2, 0.25) is 0 Å². The SMILES string of the molecule is C[C@@H](NC(=O)Nc1cc2[nH]nc(N(C)C)c2cn1)c1ccc(F)cc1. The molecule has 2 aromatic heterocycles. The fraction of sp³-hybridized carbons (Fsp3) is 0.235. The molecule has 0 unspecified atom stereocenters. The Labute approximate surface area is 144 Å². The monoisotopic (exact) mass is 342 g/mol. The van der Waals surface area contributed by atoms with E-state index in [0.717, 1.165) is 22.3 Å². The number of urea groups is 1. The fourth-order valence-electron chi connectivity index (χ4n) is 2.49. The smallest absolute Gasteiger partial charge is 0.320 e. The second-order valence-electron chi connectivity index (χ2n) is 5.93. The fourth-order valence-corrected chi connectivity index (χ4v) is 2.49. The molecule has 0 aliphatic rings. The van der Waals surface area contributed by atoms with Gasteiger partial charge >= 0.3 is 6.03 Å². The number of nitrogens with zero attached hydrogens (tertiary/aromatic N) is 3. The van der Waals surface area contributed by atoms with Crippen LogP contribution in [-0.4, -0.2) is 35.3 Å². The summed E-state index contributed by atoms with van der Waals surface area (Å²) in [5.41, 5.74) is 1.59. The van der Waals surface area contributed by atoms with Crippen molar-refractivity contribution in [3.05, 3.63) is 47.9 Å². The first kappa shape index (κ1) is 16.7. The summed E-state index contributed by atoms with van der Waals surface area (Å²) in [6.45, 7) is 1.82. The topological polar surface area (TPSA) is 85.9 Å². The van der Waals surface area contributed by atoms with Crippen molar-refractivity contribution in [2.75, 3.05) is 24.3 Å². The average Bonchev–Trinajstić information content (AvgIpc) is 2.98. The Kier molecular flexibility index (Phi) is 4.51. The highest BCUT2D eigenvalue weighted by Crippen LogP contribution is 2.23. The van der Waals surface area contributed by atoms with Crippen molar-refractivity contribution in [2.45, 2.75) is 13.0 Å². The molecule has 0 saturated carbocycles. The van der Waals surface area contributed by atoms with Crippen molar-refractivity contribution < 1.29 is 9.18 Å². The van der Waals surface area contributed by atoms with E-state index < -0.39 is 6.03 Å². The minimum absolute atomic E-state index is 0.267. The molecule has 3 rings (SSSR count). The molecule has 7 nitrogen and oxygen atoms in total. The maximum atomic E-state index is 13.0. The van der Waals surface area contributed by atoms with Crippen LogP contribution in [0.3, 0.4) is 0 Å². The number of nitrogens with one attached hydrogen (secondary N) is 3. The molecule has 130 valence electrons. The molecule has 8 heteroatoms. The molecule has 0 aliphatic carbocycles. The first-order valence-electron chi connectivity index (χ1n) is 7.78. The van der Waals surface area contributed by atoms with Crippen LogP contribution in [0.15, 0.2) is 36.5 Å². The number of benzene rings is 1. The van der Waals surface area contributed by atoms with Crippen molar-refractivity contribution in [3.63, 3.8) is 0 Å². The van der Waals surface area contributed by atoms with Crippen LogP contribution in [0, 0.1) is 5.82 Å². The van der Waals surface area contributed by atoms with Crippen molar-refractivity contribution in [1.29, 1.82) is 0 Å². The van der Waals surface area contributed by atoms with Crippen LogP contribution in [-0.2, 0) is 0 Å². The number of carbonyl (C=O) groups excluding carboxylic acids is 1. The number of carbonyl (C=O) groups is 1. The Morgan fingerprint density at radius 2 is 2.00 bits per heavy atom. The molecular weight excluding hydrogens is 323 g/mol. The van der Waals surface area contributed by atoms with Crippen LogP contribution in [0.25, 0.3) is 10.9 Å². The second kappa shape index (κ2) is 6.76. The van der Waals surface area contributed by atoms with Gasteiger partial charge in [0.05, 0.1) is 16.9 Å². The number of aromatic amines is 1. The van der Waals surface area contributed by atoms with Gasteiger partial charge in [-0.1, -0.05) is 12.1 Å². The zero-order valence-corrected chi connectivity index (χ0v) is 14.2. The summed E-state index contributed by atoms with van der Waals surface area (Å²) in [6.07, 6.45) is 1.66. The van der Waals surface area contributed by atoms with E-state index >= 15 is 0 Å². The highest BCUT2D eigenvalue weighted by molar-refractivity contribution is 5.94. The van der Waals surface area contributed by atoms with Gasteiger partial charge in [-0.3, -0.25) is 10.4 Å². The number of pyridine rings is 1. The molecular formula is C17H19FN6O. The van der Waals surface area contributed by atoms with E-state index in [1.54, 1.807) is 24.4 Å². The molecule has 3 aromatic rings. The van der Waals surface area contributed by atoms with Gasteiger partial charge in [-0.15, -0.1) is 0 Å². The molecule has 2 amide bonds. The van der Waals surface area contributed by atoms with Crippen molar-refractivity contribution >= 4 is 28.6 Å². The van der Waals surface area contributed by atoms with E-state index in [1.165, 1.54) is 12.1 Å². The Morgan fingerprint density at radius 3 is 2.68 bits per heavy atom. The lowest BCUT2D eigenvalue weighted by Crippen LogP contribution is -2.31. The summed E-state index contributed by atoms with van der Waals surface area (Å²) < 4.78 is 13.0. The predicted octanol–water partition coefficient (Wildman–Crippen LogP) is 3.05. The van der Waals surface area contributed by atoms with Crippen molar-refractivity contribution in [3.8, 4) is 0 Å². The van der Waals surface area contributed by atoms with Gasteiger partial charge in [-0.05, 0) is 24.6 Å². The van der Waals surface area contributed by atoms with Gasteiger partial charge in [0.15, 0.2) is 5.82 Å². The molecule has 1 aromatic carbocycles. The highest BCUT2D eigenvalue weighted by atomic mass is 19.1. The number of amides is 2. The molecule has 0 fully saturated rings. The number of rotatable bonds is 4. The summed E-state index contributed by atoms with van der Waals surface area (Å²) in [7, 11) is 3.79.